The van der Waals surface area contributed by atoms with E-state index in [1.165, 1.54) is 10.3 Å². The zero-order valence-electron chi connectivity index (χ0n) is 8.53. The molecule has 0 aromatic carbocycles. The first kappa shape index (κ1) is 9.77. The molecule has 0 aliphatic heterocycles. The molecule has 0 aliphatic rings. The maximum atomic E-state index is 11.4. The largest absolute Gasteiger partial charge is 0.345 e. The molecule has 1 aromatic rings. The monoisotopic (exact) mass is 181 g/mol. The Labute approximate surface area is 77.5 Å². The van der Waals surface area contributed by atoms with E-state index in [2.05, 4.69) is 5.10 Å². The molecule has 1 aromatic heterocycles. The highest BCUT2D eigenvalue weighted by atomic mass is 16.2. The van der Waals surface area contributed by atoms with Gasteiger partial charge in [-0.2, -0.15) is 5.10 Å². The van der Waals surface area contributed by atoms with E-state index in [-0.39, 0.29) is 5.69 Å². The first-order valence-electron chi connectivity index (χ1n) is 4.26. The smallest absolute Gasteiger partial charge is 0.282 e. The summed E-state index contributed by atoms with van der Waals surface area (Å²) >= 11 is 0. The number of aromatic nitrogens is 3. The molecule has 0 bridgehead atoms. The molecule has 4 nitrogen and oxygen atoms in total. The van der Waals surface area contributed by atoms with Crippen LogP contribution >= 0.6 is 0 Å². The fraction of sp³-hybridized carbons (Fsp3) is 0.556. The van der Waals surface area contributed by atoms with Crippen LogP contribution < -0.4 is 5.69 Å². The molecule has 4 heteroatoms. The van der Waals surface area contributed by atoms with E-state index in [1.807, 2.05) is 26.8 Å². The van der Waals surface area contributed by atoms with Crippen LogP contribution in [0.2, 0.25) is 0 Å². The standard InChI is InChI=1S/C9H15N3O/c1-7(2)5-6-12-9(13)11(4)8(3)10-12/h5H,6H2,1-4H3. The lowest BCUT2D eigenvalue weighted by Gasteiger charge is -1.92. The van der Waals surface area contributed by atoms with Crippen LogP contribution in [0, 0.1) is 6.92 Å². The van der Waals surface area contributed by atoms with Gasteiger partial charge >= 0.3 is 5.69 Å². The molecule has 72 valence electrons. The van der Waals surface area contributed by atoms with Crippen molar-refractivity contribution >= 4 is 0 Å². The van der Waals surface area contributed by atoms with Gasteiger partial charge in [0.15, 0.2) is 0 Å². The van der Waals surface area contributed by atoms with Gasteiger partial charge in [-0.25, -0.2) is 9.48 Å². The van der Waals surface area contributed by atoms with E-state index < -0.39 is 0 Å². The van der Waals surface area contributed by atoms with Gasteiger partial charge in [-0.15, -0.1) is 0 Å². The molecule has 0 amide bonds. The number of rotatable bonds is 2. The summed E-state index contributed by atoms with van der Waals surface area (Å²) in [5.74, 6) is 0.743. The van der Waals surface area contributed by atoms with Crippen LogP contribution in [-0.4, -0.2) is 14.3 Å². The van der Waals surface area contributed by atoms with Crippen molar-refractivity contribution in [2.75, 3.05) is 0 Å². The van der Waals surface area contributed by atoms with Crippen molar-refractivity contribution in [2.24, 2.45) is 7.05 Å². The summed E-state index contributed by atoms with van der Waals surface area (Å²) in [6.45, 7) is 6.38. The van der Waals surface area contributed by atoms with Gasteiger partial charge in [0.25, 0.3) is 0 Å². The summed E-state index contributed by atoms with van der Waals surface area (Å²) in [6, 6.07) is 0. The second-order valence-electron chi connectivity index (χ2n) is 3.35. The van der Waals surface area contributed by atoms with Crippen molar-refractivity contribution in [3.8, 4) is 0 Å². The maximum Gasteiger partial charge on any atom is 0.345 e. The minimum absolute atomic E-state index is 0.0602. The van der Waals surface area contributed by atoms with Gasteiger partial charge in [-0.05, 0) is 20.8 Å². The maximum absolute atomic E-state index is 11.4. The van der Waals surface area contributed by atoms with Crippen molar-refractivity contribution in [1.82, 2.24) is 14.3 Å². The van der Waals surface area contributed by atoms with Crippen molar-refractivity contribution in [3.05, 3.63) is 28.0 Å². The zero-order valence-corrected chi connectivity index (χ0v) is 8.53. The topological polar surface area (TPSA) is 39.8 Å². The average Bonchev–Trinajstić information content (AvgIpc) is 2.29. The number of hydrogen-bond donors (Lipinski definition) is 0. The molecule has 0 unspecified atom stereocenters. The van der Waals surface area contributed by atoms with E-state index in [4.69, 9.17) is 0 Å². The lowest BCUT2D eigenvalue weighted by Crippen LogP contribution is -2.22. The lowest BCUT2D eigenvalue weighted by molar-refractivity contribution is 0.655. The Bertz CT molecular complexity index is 380. The summed E-state index contributed by atoms with van der Waals surface area (Å²) in [5.41, 5.74) is 1.13. The molecule has 1 rings (SSSR count). The Morgan fingerprint density at radius 2 is 2.15 bits per heavy atom. The quantitative estimate of drug-likeness (QED) is 0.635. The number of aryl methyl sites for hydroxylation is 1. The highest BCUT2D eigenvalue weighted by molar-refractivity contribution is 4.93. The highest BCUT2D eigenvalue weighted by Crippen LogP contribution is 1.91. The minimum atomic E-state index is -0.0602. The van der Waals surface area contributed by atoms with Gasteiger partial charge in [-0.1, -0.05) is 11.6 Å². The molecule has 0 atom stereocenters. The highest BCUT2D eigenvalue weighted by Gasteiger charge is 2.03. The third-order valence-corrected chi connectivity index (χ3v) is 1.93. The summed E-state index contributed by atoms with van der Waals surface area (Å²) < 4.78 is 3.00. The third kappa shape index (κ3) is 2.08. The molecule has 0 saturated carbocycles. The van der Waals surface area contributed by atoms with Gasteiger partial charge in [0, 0.05) is 7.05 Å². The van der Waals surface area contributed by atoms with Crippen LogP contribution in [0.3, 0.4) is 0 Å². The summed E-state index contributed by atoms with van der Waals surface area (Å²) in [7, 11) is 1.73. The van der Waals surface area contributed by atoms with Crippen LogP contribution in [-0.2, 0) is 13.6 Å². The molecule has 0 radical (unpaired) electrons. The van der Waals surface area contributed by atoms with Crippen LogP contribution in [0.25, 0.3) is 0 Å². The number of nitrogens with zero attached hydrogens (tertiary/aromatic N) is 3. The number of hydrogen-bond acceptors (Lipinski definition) is 2. The Hall–Kier alpha value is -1.32. The fourth-order valence-electron chi connectivity index (χ4n) is 0.984. The van der Waals surface area contributed by atoms with E-state index in [0.717, 1.165) is 5.82 Å². The zero-order chi connectivity index (χ0) is 10.0. The predicted molar refractivity (Wildman–Crippen MR) is 51.6 cm³/mol. The second-order valence-corrected chi connectivity index (χ2v) is 3.35. The first-order valence-corrected chi connectivity index (χ1v) is 4.26. The normalized spacial score (nSPS) is 10.2. The molecule has 1 heterocycles. The predicted octanol–water partition coefficient (Wildman–Crippen LogP) is 0.856. The second kappa shape index (κ2) is 3.60. The van der Waals surface area contributed by atoms with Crippen LogP contribution in [0.5, 0.6) is 0 Å². The lowest BCUT2D eigenvalue weighted by atomic mass is 10.3. The molecule has 0 spiro atoms. The Kier molecular flexibility index (Phi) is 2.70. The van der Waals surface area contributed by atoms with Gasteiger partial charge in [-0.3, -0.25) is 4.57 Å². The third-order valence-electron chi connectivity index (χ3n) is 1.93. The molecule has 13 heavy (non-hydrogen) atoms. The van der Waals surface area contributed by atoms with Crippen molar-refractivity contribution in [2.45, 2.75) is 27.3 Å². The van der Waals surface area contributed by atoms with E-state index >= 15 is 0 Å². The fourth-order valence-corrected chi connectivity index (χ4v) is 0.984. The van der Waals surface area contributed by atoms with Crippen LogP contribution in [0.4, 0.5) is 0 Å². The van der Waals surface area contributed by atoms with E-state index in [9.17, 15) is 4.79 Å². The molecular weight excluding hydrogens is 166 g/mol. The Morgan fingerprint density at radius 3 is 2.54 bits per heavy atom. The van der Waals surface area contributed by atoms with Crippen LogP contribution in [0.15, 0.2) is 16.4 Å². The van der Waals surface area contributed by atoms with E-state index in [1.54, 1.807) is 11.6 Å². The minimum Gasteiger partial charge on any atom is -0.282 e. The Balaban J connectivity index is 2.97. The first-order chi connectivity index (χ1) is 6.02. The average molecular weight is 181 g/mol. The molecule has 0 saturated heterocycles. The summed E-state index contributed by atoms with van der Waals surface area (Å²) in [6.07, 6.45) is 1.98. The van der Waals surface area contributed by atoms with Gasteiger partial charge in [0.05, 0.1) is 6.54 Å². The van der Waals surface area contributed by atoms with Crippen molar-refractivity contribution in [1.29, 1.82) is 0 Å². The van der Waals surface area contributed by atoms with Gasteiger partial charge in [0.1, 0.15) is 5.82 Å². The van der Waals surface area contributed by atoms with Crippen LogP contribution in [0.1, 0.15) is 19.7 Å². The molecule has 0 N–H and O–H groups in total. The molecule has 0 aliphatic carbocycles. The SMILES string of the molecule is CC(C)=CCn1nc(C)n(C)c1=O. The Morgan fingerprint density at radius 1 is 1.54 bits per heavy atom. The summed E-state index contributed by atoms with van der Waals surface area (Å²) in [4.78, 5) is 11.4. The van der Waals surface area contributed by atoms with Gasteiger partial charge < -0.3 is 0 Å². The van der Waals surface area contributed by atoms with Crippen molar-refractivity contribution in [3.63, 3.8) is 0 Å². The van der Waals surface area contributed by atoms with Crippen molar-refractivity contribution < 1.29 is 0 Å². The number of allylic oxidation sites excluding steroid dienone is 2. The van der Waals surface area contributed by atoms with Gasteiger partial charge in [0.2, 0.25) is 0 Å². The summed E-state index contributed by atoms with van der Waals surface area (Å²) in [5, 5.41) is 4.10. The molecule has 0 fully saturated rings. The molecular formula is C9H15N3O. The van der Waals surface area contributed by atoms with E-state index in [0.29, 0.717) is 6.54 Å².